The van der Waals surface area contributed by atoms with Crippen molar-refractivity contribution < 1.29 is 4.92 Å². The molecule has 0 spiro atoms. The van der Waals surface area contributed by atoms with Crippen LogP contribution in [0.5, 0.6) is 0 Å². The summed E-state index contributed by atoms with van der Waals surface area (Å²) in [4.78, 5) is 11.6. The fraction of sp³-hybridized carbons (Fsp3) is 0.0769. The first-order chi connectivity index (χ1) is 9.08. The second kappa shape index (κ2) is 6.08. The van der Waals surface area contributed by atoms with Crippen molar-refractivity contribution in [1.29, 1.82) is 0 Å². The summed E-state index contributed by atoms with van der Waals surface area (Å²) in [5.41, 5.74) is 1.70. The van der Waals surface area contributed by atoms with Crippen LogP contribution >= 0.6 is 27.9 Å². The van der Waals surface area contributed by atoms with Gasteiger partial charge in [-0.25, -0.2) is 0 Å². The molecule has 0 aliphatic carbocycles. The van der Waals surface area contributed by atoms with E-state index in [0.717, 1.165) is 4.90 Å². The van der Waals surface area contributed by atoms with Gasteiger partial charge < -0.3 is 4.72 Å². The average molecular weight is 339 g/mol. The van der Waals surface area contributed by atoms with Gasteiger partial charge in [-0.15, -0.1) is 0 Å². The van der Waals surface area contributed by atoms with Gasteiger partial charge in [0.25, 0.3) is 5.69 Å². The Hall–Kier alpha value is -1.53. The number of halogens is 1. The molecule has 2 aromatic rings. The largest absolute Gasteiger partial charge is 0.319 e. The molecular formula is C13H11BrN2O2S. The lowest BCUT2D eigenvalue weighted by Crippen LogP contribution is -1.96. The Morgan fingerprint density at radius 3 is 2.53 bits per heavy atom. The van der Waals surface area contributed by atoms with Crippen LogP contribution in [0.4, 0.5) is 11.4 Å². The van der Waals surface area contributed by atoms with Gasteiger partial charge in [-0.1, -0.05) is 23.8 Å². The number of para-hydroxylation sites is 1. The quantitative estimate of drug-likeness (QED) is 0.495. The van der Waals surface area contributed by atoms with E-state index < -0.39 is 4.92 Å². The molecule has 0 amide bonds. The molecule has 0 radical (unpaired) electrons. The summed E-state index contributed by atoms with van der Waals surface area (Å²) in [6.07, 6.45) is 0. The highest BCUT2D eigenvalue weighted by Gasteiger charge is 2.16. The first kappa shape index (κ1) is 13.9. The van der Waals surface area contributed by atoms with Crippen molar-refractivity contribution in [2.75, 3.05) is 4.72 Å². The number of nitro groups is 1. The van der Waals surface area contributed by atoms with E-state index in [0.29, 0.717) is 10.2 Å². The first-order valence-electron chi connectivity index (χ1n) is 5.50. The van der Waals surface area contributed by atoms with Crippen LogP contribution in [0.2, 0.25) is 0 Å². The minimum absolute atomic E-state index is 0.0500. The molecule has 0 saturated carbocycles. The molecule has 4 nitrogen and oxygen atoms in total. The van der Waals surface area contributed by atoms with Gasteiger partial charge >= 0.3 is 0 Å². The molecule has 1 N–H and O–H groups in total. The Morgan fingerprint density at radius 1 is 1.21 bits per heavy atom. The van der Waals surface area contributed by atoms with Crippen LogP contribution in [0.1, 0.15) is 5.56 Å². The molecule has 2 aromatic carbocycles. The highest BCUT2D eigenvalue weighted by atomic mass is 79.9. The molecule has 0 bridgehead atoms. The van der Waals surface area contributed by atoms with E-state index >= 15 is 0 Å². The van der Waals surface area contributed by atoms with Crippen LogP contribution in [0.15, 0.2) is 51.8 Å². The lowest BCUT2D eigenvalue weighted by atomic mass is 10.2. The third kappa shape index (κ3) is 3.48. The van der Waals surface area contributed by atoms with Gasteiger partial charge in [0.15, 0.2) is 0 Å². The normalized spacial score (nSPS) is 10.2. The van der Waals surface area contributed by atoms with Gasteiger partial charge in [0.2, 0.25) is 0 Å². The predicted octanol–water partition coefficient (Wildman–Crippen LogP) is 4.78. The van der Waals surface area contributed by atoms with Gasteiger partial charge in [-0.05, 0) is 53.0 Å². The van der Waals surface area contributed by atoms with Crippen molar-refractivity contribution in [3.8, 4) is 0 Å². The maximum atomic E-state index is 11.0. The van der Waals surface area contributed by atoms with Crippen LogP contribution in [-0.2, 0) is 0 Å². The summed E-state index contributed by atoms with van der Waals surface area (Å²) in [6, 6.07) is 12.8. The predicted molar refractivity (Wildman–Crippen MR) is 81.5 cm³/mol. The van der Waals surface area contributed by atoms with E-state index in [1.807, 2.05) is 31.2 Å². The summed E-state index contributed by atoms with van der Waals surface area (Å²) in [6.45, 7) is 2.01. The van der Waals surface area contributed by atoms with Crippen LogP contribution in [0, 0.1) is 17.0 Å². The van der Waals surface area contributed by atoms with Crippen molar-refractivity contribution >= 4 is 39.3 Å². The summed E-state index contributed by atoms with van der Waals surface area (Å²) in [7, 11) is 0. The SMILES string of the molecule is Cc1ccc(SNc2c(Br)cccc2[N+](=O)[O-])cc1. The lowest BCUT2D eigenvalue weighted by Gasteiger charge is -2.08. The number of nitro benzene ring substituents is 1. The Balaban J connectivity index is 2.19. The van der Waals surface area contributed by atoms with E-state index in [4.69, 9.17) is 0 Å². The van der Waals surface area contributed by atoms with E-state index in [1.54, 1.807) is 12.1 Å². The molecule has 0 unspecified atom stereocenters. The molecule has 2 rings (SSSR count). The summed E-state index contributed by atoms with van der Waals surface area (Å²) < 4.78 is 3.69. The van der Waals surface area contributed by atoms with Crippen LogP contribution in [0.3, 0.4) is 0 Å². The minimum Gasteiger partial charge on any atom is -0.319 e. The summed E-state index contributed by atoms with van der Waals surface area (Å²) in [5, 5.41) is 11.0. The summed E-state index contributed by atoms with van der Waals surface area (Å²) in [5.74, 6) is 0. The number of aryl methyl sites for hydroxylation is 1. The van der Waals surface area contributed by atoms with Crippen molar-refractivity contribution in [3.05, 3.63) is 62.6 Å². The van der Waals surface area contributed by atoms with Crippen LogP contribution < -0.4 is 4.72 Å². The number of anilines is 1. The topological polar surface area (TPSA) is 55.2 Å². The molecule has 0 heterocycles. The fourth-order valence-corrected chi connectivity index (χ4v) is 2.77. The third-order valence-electron chi connectivity index (χ3n) is 2.48. The first-order valence-corrected chi connectivity index (χ1v) is 7.11. The zero-order chi connectivity index (χ0) is 13.8. The number of nitrogens with one attached hydrogen (secondary N) is 1. The van der Waals surface area contributed by atoms with Gasteiger partial charge in [0.05, 0.1) is 4.92 Å². The molecule has 0 atom stereocenters. The Kier molecular flexibility index (Phi) is 4.44. The van der Waals surface area contributed by atoms with Gasteiger partial charge in [0.1, 0.15) is 5.69 Å². The maximum Gasteiger partial charge on any atom is 0.294 e. The highest BCUT2D eigenvalue weighted by molar-refractivity contribution is 9.10. The van der Waals surface area contributed by atoms with Gasteiger partial charge in [-0.3, -0.25) is 10.1 Å². The van der Waals surface area contributed by atoms with Crippen molar-refractivity contribution in [3.63, 3.8) is 0 Å². The Morgan fingerprint density at radius 2 is 1.89 bits per heavy atom. The summed E-state index contributed by atoms with van der Waals surface area (Å²) >= 11 is 4.66. The molecule has 0 saturated heterocycles. The molecule has 0 aliphatic heterocycles. The second-order valence-electron chi connectivity index (χ2n) is 3.91. The number of hydrogen-bond donors (Lipinski definition) is 1. The molecular weight excluding hydrogens is 328 g/mol. The molecule has 6 heteroatoms. The third-order valence-corrected chi connectivity index (χ3v) is 3.96. The molecule has 0 fully saturated rings. The van der Waals surface area contributed by atoms with E-state index in [9.17, 15) is 10.1 Å². The van der Waals surface area contributed by atoms with Crippen molar-refractivity contribution in [2.24, 2.45) is 0 Å². The number of hydrogen-bond acceptors (Lipinski definition) is 4. The van der Waals surface area contributed by atoms with Gasteiger partial charge in [-0.2, -0.15) is 0 Å². The zero-order valence-corrected chi connectivity index (χ0v) is 12.5. The lowest BCUT2D eigenvalue weighted by molar-refractivity contribution is -0.383. The molecule has 0 aliphatic rings. The van der Waals surface area contributed by atoms with Crippen LogP contribution in [0.25, 0.3) is 0 Å². The monoisotopic (exact) mass is 338 g/mol. The van der Waals surface area contributed by atoms with Gasteiger partial charge in [0, 0.05) is 15.4 Å². The van der Waals surface area contributed by atoms with E-state index in [1.165, 1.54) is 23.6 Å². The number of benzene rings is 2. The fourth-order valence-electron chi connectivity index (χ4n) is 1.48. The smallest absolute Gasteiger partial charge is 0.294 e. The minimum atomic E-state index is -0.400. The average Bonchev–Trinajstić information content (AvgIpc) is 2.39. The van der Waals surface area contributed by atoms with E-state index in [2.05, 4.69) is 20.7 Å². The maximum absolute atomic E-state index is 11.0. The Labute approximate surface area is 123 Å². The Bertz CT molecular complexity index is 602. The molecule has 19 heavy (non-hydrogen) atoms. The van der Waals surface area contributed by atoms with Crippen molar-refractivity contribution in [2.45, 2.75) is 11.8 Å². The molecule has 0 aromatic heterocycles. The van der Waals surface area contributed by atoms with E-state index in [-0.39, 0.29) is 5.69 Å². The molecule has 98 valence electrons. The standard InChI is InChI=1S/C13H11BrN2O2S/c1-9-5-7-10(8-6-9)19-15-13-11(14)3-2-4-12(13)16(17)18/h2-8,15H,1H3. The zero-order valence-electron chi connectivity index (χ0n) is 10.1. The number of rotatable bonds is 4. The second-order valence-corrected chi connectivity index (χ2v) is 5.64. The highest BCUT2D eigenvalue weighted by Crippen LogP contribution is 2.35. The van der Waals surface area contributed by atoms with Crippen molar-refractivity contribution in [1.82, 2.24) is 0 Å². The number of nitrogens with zero attached hydrogens (tertiary/aromatic N) is 1. The van der Waals surface area contributed by atoms with Crippen LogP contribution in [-0.4, -0.2) is 4.92 Å².